The Morgan fingerprint density at radius 1 is 1.38 bits per heavy atom. The third kappa shape index (κ3) is 2.50. The van der Waals surface area contributed by atoms with Crippen molar-refractivity contribution in [3.8, 4) is 5.69 Å². The quantitative estimate of drug-likeness (QED) is 0.805. The van der Waals surface area contributed by atoms with E-state index in [1.165, 1.54) is 0 Å². The van der Waals surface area contributed by atoms with E-state index < -0.39 is 0 Å². The molecule has 0 aliphatic carbocycles. The van der Waals surface area contributed by atoms with Gasteiger partial charge in [-0.3, -0.25) is 0 Å². The van der Waals surface area contributed by atoms with Crippen molar-refractivity contribution in [3.05, 3.63) is 41.7 Å². The second-order valence-corrected chi connectivity index (χ2v) is 4.02. The molecule has 0 aliphatic heterocycles. The number of rotatable bonds is 2. The van der Waals surface area contributed by atoms with Crippen LogP contribution in [0.3, 0.4) is 0 Å². The van der Waals surface area contributed by atoms with E-state index in [0.717, 1.165) is 11.4 Å². The Kier molecular flexibility index (Phi) is 3.07. The van der Waals surface area contributed by atoms with E-state index in [0.29, 0.717) is 5.02 Å². The molecule has 6 heteroatoms. The fourth-order valence-corrected chi connectivity index (χ4v) is 1.54. The highest BCUT2D eigenvalue weighted by Crippen LogP contribution is 2.14. The number of nitrogens with zero attached hydrogens (tertiary/aromatic N) is 2. The van der Waals surface area contributed by atoms with Crippen molar-refractivity contribution in [2.45, 2.75) is 0 Å². The van der Waals surface area contributed by atoms with Crippen LogP contribution < -0.4 is 11.1 Å². The van der Waals surface area contributed by atoms with Gasteiger partial charge in [0.2, 0.25) is 0 Å². The van der Waals surface area contributed by atoms with Crippen LogP contribution in [0.15, 0.2) is 36.7 Å². The minimum absolute atomic E-state index is 0.245. The summed E-state index contributed by atoms with van der Waals surface area (Å²) < 4.78 is 1.69. The Bertz CT molecular complexity index is 506. The van der Waals surface area contributed by atoms with Crippen molar-refractivity contribution in [2.75, 3.05) is 5.32 Å². The molecule has 0 atom stereocenters. The summed E-state index contributed by atoms with van der Waals surface area (Å²) in [6, 6.07) is 7.52. The first-order valence-electron chi connectivity index (χ1n) is 4.52. The van der Waals surface area contributed by atoms with Crippen LogP contribution in [-0.4, -0.2) is 14.9 Å². The van der Waals surface area contributed by atoms with Gasteiger partial charge < -0.3 is 11.1 Å². The summed E-state index contributed by atoms with van der Waals surface area (Å²) in [5, 5.41) is 7.78. The van der Waals surface area contributed by atoms with Crippen LogP contribution >= 0.6 is 23.8 Å². The molecule has 0 aliphatic rings. The van der Waals surface area contributed by atoms with E-state index in [9.17, 15) is 0 Å². The molecule has 1 aromatic carbocycles. The summed E-state index contributed by atoms with van der Waals surface area (Å²) in [4.78, 5) is 0. The molecule has 1 aromatic heterocycles. The zero-order valence-electron chi connectivity index (χ0n) is 8.22. The topological polar surface area (TPSA) is 55.9 Å². The minimum atomic E-state index is 0.245. The van der Waals surface area contributed by atoms with Crippen LogP contribution in [0.5, 0.6) is 0 Å². The Balaban J connectivity index is 2.22. The third-order valence-corrected chi connectivity index (χ3v) is 2.25. The van der Waals surface area contributed by atoms with E-state index in [-0.39, 0.29) is 5.11 Å². The molecule has 0 saturated heterocycles. The fraction of sp³-hybridized carbons (Fsp3) is 0. The Morgan fingerprint density at radius 3 is 2.56 bits per heavy atom. The van der Waals surface area contributed by atoms with Gasteiger partial charge >= 0.3 is 0 Å². The molecule has 4 nitrogen and oxygen atoms in total. The molecule has 0 spiro atoms. The van der Waals surface area contributed by atoms with Gasteiger partial charge in [0.05, 0.1) is 16.9 Å². The number of thiocarbonyl (C=S) groups is 1. The van der Waals surface area contributed by atoms with Crippen molar-refractivity contribution in [2.24, 2.45) is 5.73 Å². The maximum absolute atomic E-state index is 5.78. The molecule has 1 heterocycles. The normalized spacial score (nSPS) is 10.1. The molecular weight excluding hydrogens is 244 g/mol. The predicted octanol–water partition coefficient (Wildman–Crippen LogP) is 2.18. The lowest BCUT2D eigenvalue weighted by Crippen LogP contribution is -2.18. The number of nitrogens with one attached hydrogen (secondary N) is 1. The smallest absolute Gasteiger partial charge is 0.168 e. The number of hydrogen-bond donors (Lipinski definition) is 2. The Hall–Kier alpha value is -1.59. The molecule has 0 fully saturated rings. The first-order chi connectivity index (χ1) is 7.65. The van der Waals surface area contributed by atoms with Gasteiger partial charge in [-0.25, -0.2) is 4.68 Å². The standard InChI is InChI=1S/C10H9ClN4S/c11-7-5-13-15(6-7)9-3-1-8(2-4-9)14-10(12)16/h1-6H,(H3,12,14,16). The highest BCUT2D eigenvalue weighted by atomic mass is 35.5. The van der Waals surface area contributed by atoms with Gasteiger partial charge in [0.1, 0.15) is 0 Å². The largest absolute Gasteiger partial charge is 0.376 e. The van der Waals surface area contributed by atoms with Gasteiger partial charge in [-0.2, -0.15) is 5.10 Å². The second-order valence-electron chi connectivity index (χ2n) is 3.14. The highest BCUT2D eigenvalue weighted by molar-refractivity contribution is 7.80. The highest BCUT2D eigenvalue weighted by Gasteiger charge is 1.99. The second kappa shape index (κ2) is 4.51. The number of aromatic nitrogens is 2. The number of benzene rings is 1. The average molecular weight is 253 g/mol. The van der Waals surface area contributed by atoms with Crippen LogP contribution in [0.4, 0.5) is 5.69 Å². The predicted molar refractivity (Wildman–Crippen MR) is 69.0 cm³/mol. The Labute approximate surface area is 103 Å². The summed E-state index contributed by atoms with van der Waals surface area (Å²) >= 11 is 10.5. The van der Waals surface area contributed by atoms with Crippen molar-refractivity contribution >= 4 is 34.6 Å². The van der Waals surface area contributed by atoms with Crippen LogP contribution in [0.1, 0.15) is 0 Å². The van der Waals surface area contributed by atoms with Crippen molar-refractivity contribution in [1.29, 1.82) is 0 Å². The lowest BCUT2D eigenvalue weighted by atomic mass is 10.3. The van der Waals surface area contributed by atoms with E-state index in [2.05, 4.69) is 10.4 Å². The first-order valence-corrected chi connectivity index (χ1v) is 5.31. The van der Waals surface area contributed by atoms with Gasteiger partial charge in [0, 0.05) is 11.9 Å². The Morgan fingerprint density at radius 2 is 2.06 bits per heavy atom. The molecule has 82 valence electrons. The minimum Gasteiger partial charge on any atom is -0.376 e. The SMILES string of the molecule is NC(=S)Nc1ccc(-n2cc(Cl)cn2)cc1. The van der Waals surface area contributed by atoms with Crippen molar-refractivity contribution in [3.63, 3.8) is 0 Å². The number of hydrogen-bond acceptors (Lipinski definition) is 2. The lowest BCUT2D eigenvalue weighted by molar-refractivity contribution is 0.881. The van der Waals surface area contributed by atoms with Crippen molar-refractivity contribution < 1.29 is 0 Å². The van der Waals surface area contributed by atoms with Gasteiger partial charge in [0.25, 0.3) is 0 Å². The van der Waals surface area contributed by atoms with Gasteiger partial charge in [-0.1, -0.05) is 11.6 Å². The summed E-state index contributed by atoms with van der Waals surface area (Å²) in [5.41, 5.74) is 7.12. The maximum atomic E-state index is 5.78. The van der Waals surface area contributed by atoms with E-state index in [4.69, 9.17) is 29.6 Å². The molecule has 3 N–H and O–H groups in total. The zero-order valence-corrected chi connectivity index (χ0v) is 9.79. The molecule has 0 bridgehead atoms. The average Bonchev–Trinajstić information content (AvgIpc) is 2.65. The van der Waals surface area contributed by atoms with Crippen LogP contribution in [0.25, 0.3) is 5.69 Å². The molecule has 2 rings (SSSR count). The lowest BCUT2D eigenvalue weighted by Gasteiger charge is -2.05. The molecule has 0 radical (unpaired) electrons. The van der Waals surface area contributed by atoms with Gasteiger partial charge in [-0.15, -0.1) is 0 Å². The van der Waals surface area contributed by atoms with E-state index in [1.807, 2.05) is 24.3 Å². The van der Waals surface area contributed by atoms with Gasteiger partial charge in [0.15, 0.2) is 5.11 Å². The van der Waals surface area contributed by atoms with Crippen LogP contribution in [-0.2, 0) is 0 Å². The van der Waals surface area contributed by atoms with Gasteiger partial charge in [-0.05, 0) is 36.5 Å². The number of anilines is 1. The van der Waals surface area contributed by atoms with Crippen LogP contribution in [0, 0.1) is 0 Å². The summed E-state index contributed by atoms with van der Waals surface area (Å²) in [6.45, 7) is 0. The van der Waals surface area contributed by atoms with Crippen LogP contribution in [0.2, 0.25) is 5.02 Å². The molecule has 16 heavy (non-hydrogen) atoms. The van der Waals surface area contributed by atoms with E-state index >= 15 is 0 Å². The molecule has 0 saturated carbocycles. The summed E-state index contributed by atoms with van der Waals surface area (Å²) in [7, 11) is 0. The monoisotopic (exact) mass is 252 g/mol. The maximum Gasteiger partial charge on any atom is 0.168 e. The van der Waals surface area contributed by atoms with E-state index in [1.54, 1.807) is 17.1 Å². The first kappa shape index (κ1) is 10.9. The molecule has 0 amide bonds. The molecule has 2 aromatic rings. The number of nitrogens with two attached hydrogens (primary N) is 1. The summed E-state index contributed by atoms with van der Waals surface area (Å²) in [5.74, 6) is 0. The molecular formula is C10H9ClN4S. The van der Waals surface area contributed by atoms with Crippen molar-refractivity contribution in [1.82, 2.24) is 9.78 Å². The zero-order chi connectivity index (χ0) is 11.5. The molecule has 0 unspecified atom stereocenters. The summed E-state index contributed by atoms with van der Waals surface area (Å²) in [6.07, 6.45) is 3.32. The number of halogens is 1. The third-order valence-electron chi connectivity index (χ3n) is 1.95. The fourth-order valence-electron chi connectivity index (χ4n) is 1.28.